The number of nitrogens with zero attached hydrogens (tertiary/aromatic N) is 3. The first kappa shape index (κ1) is 44.2. The lowest BCUT2D eigenvalue weighted by molar-refractivity contribution is -0.294. The molecule has 2 aliphatic heterocycles. The normalized spacial score (nSPS) is 34.4. The van der Waals surface area contributed by atoms with E-state index in [2.05, 4.69) is 11.6 Å². The first-order valence-corrected chi connectivity index (χ1v) is 19.0. The van der Waals surface area contributed by atoms with Crippen molar-refractivity contribution in [2.75, 3.05) is 21.2 Å². The van der Waals surface area contributed by atoms with E-state index in [0.717, 1.165) is 4.57 Å². The van der Waals surface area contributed by atoms with Gasteiger partial charge in [0.15, 0.2) is 29.6 Å². The van der Waals surface area contributed by atoms with E-state index in [1.807, 2.05) is 25.9 Å². The zero-order chi connectivity index (χ0) is 41.5. The van der Waals surface area contributed by atoms with E-state index < -0.39 is 77.4 Å². The molecule has 11 atom stereocenters. The molecule has 0 radical (unpaired) electrons. The molecular formula is C42H57N3O11. The highest BCUT2D eigenvalue weighted by atomic mass is 16.7. The largest absolute Gasteiger partial charge is 0.457 e. The van der Waals surface area contributed by atoms with Crippen molar-refractivity contribution in [2.45, 2.75) is 116 Å². The molecule has 1 aromatic heterocycles. The van der Waals surface area contributed by atoms with Gasteiger partial charge < -0.3 is 33.3 Å². The van der Waals surface area contributed by atoms with Crippen molar-refractivity contribution >= 4 is 29.6 Å². The summed E-state index contributed by atoms with van der Waals surface area (Å²) in [6.45, 7) is 15.6. The molecule has 0 amide bonds. The Morgan fingerprint density at radius 3 is 2.36 bits per heavy atom. The number of hydrogen-bond acceptors (Lipinski definition) is 13. The molecule has 14 nitrogen and oxygen atoms in total. The summed E-state index contributed by atoms with van der Waals surface area (Å²) in [5, 5.41) is 0. The highest BCUT2D eigenvalue weighted by Crippen LogP contribution is 2.38. The number of benzene rings is 1. The average Bonchev–Trinajstić information content (AvgIpc) is 3.73. The van der Waals surface area contributed by atoms with Gasteiger partial charge in [-0.1, -0.05) is 45.5 Å². The second kappa shape index (κ2) is 18.6. The summed E-state index contributed by atoms with van der Waals surface area (Å²) in [4.78, 5) is 75.2. The minimum absolute atomic E-state index is 0.0512. The van der Waals surface area contributed by atoms with E-state index in [9.17, 15) is 24.0 Å². The Labute approximate surface area is 329 Å². The lowest BCUT2D eigenvalue weighted by Crippen LogP contribution is -2.60. The molecule has 0 aliphatic carbocycles. The molecule has 0 unspecified atom stereocenters. The Balaban J connectivity index is 1.80. The number of likely N-dealkylation sites (N-methyl/N-ethyl adjacent to an activating group) is 1. The summed E-state index contributed by atoms with van der Waals surface area (Å²) in [6.07, 6.45) is 1.86. The molecule has 0 N–H and O–H groups in total. The minimum atomic E-state index is -1.80. The molecule has 4 rings (SSSR count). The maximum absolute atomic E-state index is 14.5. The second-order valence-electron chi connectivity index (χ2n) is 15.3. The Kier molecular flexibility index (Phi) is 14.7. The van der Waals surface area contributed by atoms with Crippen molar-refractivity contribution in [1.82, 2.24) is 14.5 Å². The molecule has 1 fully saturated rings. The zero-order valence-electron chi connectivity index (χ0n) is 34.1. The molecule has 306 valence electrons. The number of ether oxygens (including phenoxy) is 6. The third-order valence-electron chi connectivity index (χ3n) is 11.0. The molecule has 0 saturated carbocycles. The van der Waals surface area contributed by atoms with Crippen molar-refractivity contribution in [3.8, 4) is 0 Å². The van der Waals surface area contributed by atoms with Crippen molar-refractivity contribution in [1.29, 1.82) is 0 Å². The van der Waals surface area contributed by atoms with Crippen LogP contribution >= 0.6 is 0 Å². The number of carbonyl (C=O) groups is 5. The Morgan fingerprint density at radius 2 is 1.79 bits per heavy atom. The number of imidazole rings is 1. The first-order valence-electron chi connectivity index (χ1n) is 19.0. The van der Waals surface area contributed by atoms with Crippen LogP contribution in [0.2, 0.25) is 0 Å². The van der Waals surface area contributed by atoms with Crippen LogP contribution in [0.5, 0.6) is 0 Å². The fraction of sp³-hybridized carbons (Fsp3) is 0.571. The van der Waals surface area contributed by atoms with Gasteiger partial charge in [0.25, 0.3) is 0 Å². The van der Waals surface area contributed by atoms with Gasteiger partial charge in [0.2, 0.25) is 0 Å². The van der Waals surface area contributed by atoms with Crippen molar-refractivity contribution in [2.24, 2.45) is 17.8 Å². The van der Waals surface area contributed by atoms with Gasteiger partial charge in [-0.25, -0.2) is 19.1 Å². The monoisotopic (exact) mass is 779 g/mol. The number of cyclic esters (lactones) is 1. The molecule has 56 heavy (non-hydrogen) atoms. The van der Waals surface area contributed by atoms with Crippen LogP contribution in [-0.2, 0) is 42.8 Å². The molecule has 0 spiro atoms. The Hall–Kier alpha value is -4.50. The molecular weight excluding hydrogens is 722 g/mol. The van der Waals surface area contributed by atoms with Gasteiger partial charge in [0.05, 0.1) is 29.4 Å². The quantitative estimate of drug-likeness (QED) is 0.134. The van der Waals surface area contributed by atoms with E-state index in [1.54, 1.807) is 65.0 Å². The van der Waals surface area contributed by atoms with E-state index in [4.69, 9.17) is 28.4 Å². The van der Waals surface area contributed by atoms with Gasteiger partial charge in [0.1, 0.15) is 18.3 Å². The summed E-state index contributed by atoms with van der Waals surface area (Å²) in [5.41, 5.74) is -2.60. The van der Waals surface area contributed by atoms with E-state index in [0.29, 0.717) is 12.0 Å². The first-order chi connectivity index (χ1) is 26.4. The van der Waals surface area contributed by atoms with Gasteiger partial charge in [-0.3, -0.25) is 14.4 Å². The summed E-state index contributed by atoms with van der Waals surface area (Å²) < 4.78 is 38.5. The number of rotatable bonds is 9. The van der Waals surface area contributed by atoms with Gasteiger partial charge in [-0.2, -0.15) is 0 Å². The van der Waals surface area contributed by atoms with Crippen molar-refractivity contribution in [3.63, 3.8) is 0 Å². The maximum Gasteiger partial charge on any atom is 0.420 e. The van der Waals surface area contributed by atoms with E-state index in [-0.39, 0.29) is 36.3 Å². The summed E-state index contributed by atoms with van der Waals surface area (Å²) >= 11 is 0. The molecule has 2 aromatic rings. The molecule has 14 heteroatoms. The predicted molar refractivity (Wildman–Crippen MR) is 205 cm³/mol. The van der Waals surface area contributed by atoms with Crippen molar-refractivity contribution < 1.29 is 52.4 Å². The zero-order valence-corrected chi connectivity index (χ0v) is 34.1. The standard InChI is InChI=1S/C42H57N3O11/c1-12-32-42(13-2,56-40(50)45-20-19-43-24-45)23-26(4)33(46)25(3)22-41(8,51-11)36(28(6)34(47)29(7)37(48)53-32)55-39-35(31(44(9)10)21-27(5)52-39)54-38(49)30-17-15-14-16-18-30/h13-20,23-25,27-29,31-32,35-36,39H,2,12,21-22H2,1,3-11H3/b26-23+/t25-,27-,28+,29-,31+,32-,35-,36-,39+,41-,42+/m1/s1. The third kappa shape index (κ3) is 9.71. The molecule has 1 saturated heterocycles. The summed E-state index contributed by atoms with van der Waals surface area (Å²) in [7, 11) is 5.20. The van der Waals surface area contributed by atoms with Crippen LogP contribution in [0.1, 0.15) is 78.1 Å². The number of ketones is 2. The van der Waals surface area contributed by atoms with Gasteiger partial charge >= 0.3 is 18.0 Å². The fourth-order valence-corrected chi connectivity index (χ4v) is 7.67. The summed E-state index contributed by atoms with van der Waals surface area (Å²) in [5.74, 6) is -5.42. The fourth-order valence-electron chi connectivity index (χ4n) is 7.67. The van der Waals surface area contributed by atoms with Crippen LogP contribution in [0.25, 0.3) is 0 Å². The van der Waals surface area contributed by atoms with Gasteiger partial charge in [0, 0.05) is 31.3 Å². The number of esters is 2. The van der Waals surface area contributed by atoms with Gasteiger partial charge in [-0.15, -0.1) is 0 Å². The molecule has 2 aliphatic rings. The van der Waals surface area contributed by atoms with Crippen LogP contribution in [0.4, 0.5) is 4.79 Å². The Morgan fingerprint density at radius 1 is 1.11 bits per heavy atom. The molecule has 3 heterocycles. The smallest absolute Gasteiger partial charge is 0.420 e. The third-order valence-corrected chi connectivity index (χ3v) is 11.0. The number of Topliss-reactive ketones (excluding diaryl/α,β-unsaturated/α-hetero) is 2. The number of hydrogen-bond donors (Lipinski definition) is 0. The van der Waals surface area contributed by atoms with E-state index >= 15 is 0 Å². The number of methoxy groups -OCH3 is 1. The number of allylic oxidation sites excluding steroid dienone is 1. The number of carbonyl (C=O) groups excluding carboxylic acids is 5. The second-order valence-corrected chi connectivity index (χ2v) is 15.3. The minimum Gasteiger partial charge on any atom is -0.457 e. The van der Waals surface area contributed by atoms with Crippen LogP contribution in [0.3, 0.4) is 0 Å². The highest BCUT2D eigenvalue weighted by molar-refractivity contribution is 6.00. The van der Waals surface area contributed by atoms with Crippen LogP contribution in [0, 0.1) is 17.8 Å². The Bertz CT molecular complexity index is 1740. The number of aromatic nitrogens is 2. The maximum atomic E-state index is 14.5. The summed E-state index contributed by atoms with van der Waals surface area (Å²) in [6, 6.07) is 8.23. The van der Waals surface area contributed by atoms with Crippen LogP contribution in [0.15, 0.2) is 73.4 Å². The molecule has 1 aromatic carbocycles. The highest BCUT2D eigenvalue weighted by Gasteiger charge is 2.51. The lowest BCUT2D eigenvalue weighted by Gasteiger charge is -2.47. The van der Waals surface area contributed by atoms with Gasteiger partial charge in [-0.05, 0) is 90.9 Å². The predicted octanol–water partition coefficient (Wildman–Crippen LogP) is 5.59. The van der Waals surface area contributed by atoms with Crippen molar-refractivity contribution in [3.05, 3.63) is 78.9 Å². The molecule has 0 bridgehead atoms. The van der Waals surface area contributed by atoms with Crippen LogP contribution in [-0.4, -0.2) is 113 Å². The van der Waals surface area contributed by atoms with Crippen LogP contribution < -0.4 is 0 Å². The van der Waals surface area contributed by atoms with E-state index in [1.165, 1.54) is 44.9 Å². The average molecular weight is 780 g/mol. The SMILES string of the molecule is C=C[C@]1(OC(=O)n2ccnc2)/C=C(\C)C(=O)[C@H](C)C[C@@](C)(OC)[C@H](O[C@@H]2O[C@H](C)C[C@H](N(C)C)[C@H]2OC(=O)c2ccccc2)[C@@H](C)C(=O)[C@@H](C)C(=O)O[C@@H]1CC. The lowest BCUT2D eigenvalue weighted by atomic mass is 9.76. The topological polar surface area (TPSA) is 162 Å².